The molecule has 22 heavy (non-hydrogen) atoms. The van der Waals surface area contributed by atoms with Crippen molar-refractivity contribution < 1.29 is 4.92 Å². The zero-order valence-electron chi connectivity index (χ0n) is 13.0. The molecule has 0 radical (unpaired) electrons. The lowest BCUT2D eigenvalue weighted by molar-refractivity contribution is -0.385. The van der Waals surface area contributed by atoms with Crippen LogP contribution >= 0.6 is 24.0 Å². The highest BCUT2D eigenvalue weighted by Crippen LogP contribution is 2.17. The third kappa shape index (κ3) is 6.42. The molecule has 0 amide bonds. The van der Waals surface area contributed by atoms with Crippen LogP contribution in [0.5, 0.6) is 0 Å². The van der Waals surface area contributed by atoms with Crippen LogP contribution in [-0.2, 0) is 6.54 Å². The molecule has 7 heteroatoms. The molecule has 122 valence electrons. The lowest BCUT2D eigenvalue weighted by Gasteiger charge is -2.21. The fraction of sp³-hybridized carbons (Fsp3) is 0.400. The first-order valence-electron chi connectivity index (χ1n) is 6.85. The van der Waals surface area contributed by atoms with Gasteiger partial charge in [0, 0.05) is 38.8 Å². The maximum absolute atomic E-state index is 11.0. The van der Waals surface area contributed by atoms with Crippen molar-refractivity contribution in [3.8, 4) is 0 Å². The highest BCUT2D eigenvalue weighted by Gasteiger charge is 2.13. The summed E-state index contributed by atoms with van der Waals surface area (Å²) < 4.78 is 0. The Kier molecular flexibility index (Phi) is 10.2. The van der Waals surface area contributed by atoms with Gasteiger partial charge in [-0.05, 0) is 12.8 Å². The van der Waals surface area contributed by atoms with E-state index in [2.05, 4.69) is 16.9 Å². The van der Waals surface area contributed by atoms with Crippen LogP contribution in [0.25, 0.3) is 0 Å². The second-order valence-electron chi connectivity index (χ2n) is 4.64. The van der Waals surface area contributed by atoms with Crippen LogP contribution in [-0.4, -0.2) is 36.4 Å². The number of nitro groups is 1. The van der Waals surface area contributed by atoms with Gasteiger partial charge in [-0.25, -0.2) is 0 Å². The molecule has 0 atom stereocenters. The number of hydrogen-bond acceptors (Lipinski definition) is 3. The van der Waals surface area contributed by atoms with Crippen molar-refractivity contribution in [2.45, 2.75) is 19.4 Å². The average Bonchev–Trinajstić information content (AvgIpc) is 2.48. The molecule has 0 saturated carbocycles. The molecule has 0 unspecified atom stereocenters. The molecule has 0 spiro atoms. The summed E-state index contributed by atoms with van der Waals surface area (Å²) in [6, 6.07) is 6.71. The van der Waals surface area contributed by atoms with Gasteiger partial charge >= 0.3 is 0 Å². The maximum atomic E-state index is 11.0. The molecular formula is C15H23IN4O2. The van der Waals surface area contributed by atoms with E-state index in [0.717, 1.165) is 25.3 Å². The number of nitrogens with one attached hydrogen (secondary N) is 1. The lowest BCUT2D eigenvalue weighted by Crippen LogP contribution is -2.39. The molecule has 1 aromatic rings. The number of rotatable bonds is 7. The first-order chi connectivity index (χ1) is 10.1. The summed E-state index contributed by atoms with van der Waals surface area (Å²) in [4.78, 5) is 16.8. The van der Waals surface area contributed by atoms with Gasteiger partial charge in [0.25, 0.3) is 5.69 Å². The molecule has 0 heterocycles. The minimum absolute atomic E-state index is 0. The lowest BCUT2D eigenvalue weighted by atomic mass is 10.2. The second kappa shape index (κ2) is 11.0. The minimum atomic E-state index is -0.367. The molecule has 0 bridgehead atoms. The number of nitrogens with zero attached hydrogens (tertiary/aromatic N) is 3. The van der Waals surface area contributed by atoms with Gasteiger partial charge in [0.1, 0.15) is 0 Å². The van der Waals surface area contributed by atoms with Crippen molar-refractivity contribution in [3.05, 3.63) is 52.6 Å². The Morgan fingerprint density at radius 3 is 2.77 bits per heavy atom. The predicted octanol–water partition coefficient (Wildman–Crippen LogP) is 3.19. The van der Waals surface area contributed by atoms with Crippen LogP contribution in [0.4, 0.5) is 5.69 Å². The fourth-order valence-corrected chi connectivity index (χ4v) is 1.98. The van der Waals surface area contributed by atoms with E-state index in [-0.39, 0.29) is 34.6 Å². The molecule has 0 aromatic heterocycles. The first-order valence-corrected chi connectivity index (χ1v) is 6.85. The van der Waals surface area contributed by atoms with Gasteiger partial charge in [0.05, 0.1) is 4.92 Å². The SMILES string of the molecule is C=CCCCN(C)C(=NC)NCc1ccccc1[N+](=O)[O-].I. The Morgan fingerprint density at radius 1 is 1.50 bits per heavy atom. The van der Waals surface area contributed by atoms with E-state index in [9.17, 15) is 10.1 Å². The maximum Gasteiger partial charge on any atom is 0.274 e. The summed E-state index contributed by atoms with van der Waals surface area (Å²) in [6.45, 7) is 4.92. The van der Waals surface area contributed by atoms with Crippen molar-refractivity contribution in [2.75, 3.05) is 20.6 Å². The number of unbranched alkanes of at least 4 members (excludes halogenated alkanes) is 1. The standard InChI is InChI=1S/C15H22N4O2.HI/c1-4-5-8-11-18(3)15(16-2)17-12-13-9-6-7-10-14(13)19(20)21;/h4,6-7,9-10H,1,5,8,11-12H2,2-3H3,(H,16,17);1H. The van der Waals surface area contributed by atoms with Gasteiger partial charge in [-0.1, -0.05) is 24.3 Å². The van der Waals surface area contributed by atoms with E-state index < -0.39 is 0 Å². The quantitative estimate of drug-likeness (QED) is 0.140. The van der Waals surface area contributed by atoms with Crippen molar-refractivity contribution in [1.82, 2.24) is 10.2 Å². The van der Waals surface area contributed by atoms with Gasteiger partial charge in [-0.2, -0.15) is 0 Å². The van der Waals surface area contributed by atoms with Gasteiger partial charge in [-0.15, -0.1) is 30.6 Å². The Bertz CT molecular complexity index is 520. The third-order valence-electron chi connectivity index (χ3n) is 3.10. The van der Waals surface area contributed by atoms with Gasteiger partial charge in [0.15, 0.2) is 5.96 Å². The van der Waals surface area contributed by atoms with Crippen LogP contribution < -0.4 is 5.32 Å². The smallest absolute Gasteiger partial charge is 0.274 e. The van der Waals surface area contributed by atoms with Crippen molar-refractivity contribution in [1.29, 1.82) is 0 Å². The van der Waals surface area contributed by atoms with Crippen LogP contribution in [0.15, 0.2) is 41.9 Å². The summed E-state index contributed by atoms with van der Waals surface area (Å²) >= 11 is 0. The van der Waals surface area contributed by atoms with Crippen molar-refractivity contribution in [2.24, 2.45) is 4.99 Å². The highest BCUT2D eigenvalue weighted by molar-refractivity contribution is 14.0. The molecule has 0 saturated heterocycles. The summed E-state index contributed by atoms with van der Waals surface area (Å²) in [7, 11) is 3.64. The van der Waals surface area contributed by atoms with Gasteiger partial charge < -0.3 is 10.2 Å². The van der Waals surface area contributed by atoms with E-state index in [4.69, 9.17) is 0 Å². The molecule has 1 aromatic carbocycles. The molecule has 0 fully saturated rings. The molecule has 0 aliphatic carbocycles. The zero-order valence-corrected chi connectivity index (χ0v) is 15.3. The average molecular weight is 418 g/mol. The topological polar surface area (TPSA) is 70.8 Å². The van der Waals surface area contributed by atoms with Crippen LogP contribution in [0.1, 0.15) is 18.4 Å². The van der Waals surface area contributed by atoms with E-state index in [0.29, 0.717) is 12.1 Å². The highest BCUT2D eigenvalue weighted by atomic mass is 127. The Hall–Kier alpha value is -1.64. The summed E-state index contributed by atoms with van der Waals surface area (Å²) in [5, 5.41) is 14.1. The van der Waals surface area contributed by atoms with Crippen LogP contribution in [0.2, 0.25) is 0 Å². The third-order valence-corrected chi connectivity index (χ3v) is 3.10. The van der Waals surface area contributed by atoms with Crippen LogP contribution in [0, 0.1) is 10.1 Å². The van der Waals surface area contributed by atoms with E-state index in [1.807, 2.05) is 18.0 Å². The molecule has 1 rings (SSSR count). The van der Waals surface area contributed by atoms with E-state index in [1.165, 1.54) is 6.07 Å². The normalized spacial score (nSPS) is 10.5. The minimum Gasteiger partial charge on any atom is -0.352 e. The number of nitro benzene ring substituents is 1. The number of para-hydroxylation sites is 1. The second-order valence-corrected chi connectivity index (χ2v) is 4.64. The number of allylic oxidation sites excluding steroid dienone is 1. The number of benzene rings is 1. The van der Waals surface area contributed by atoms with Crippen molar-refractivity contribution >= 4 is 35.6 Å². The van der Waals surface area contributed by atoms with E-state index >= 15 is 0 Å². The Balaban J connectivity index is 0.00000441. The largest absolute Gasteiger partial charge is 0.352 e. The number of guanidine groups is 1. The Labute approximate surface area is 148 Å². The first kappa shape index (κ1) is 20.4. The number of aliphatic imine (C=N–C) groups is 1. The summed E-state index contributed by atoms with van der Waals surface area (Å²) in [6.07, 6.45) is 3.83. The molecule has 0 aliphatic rings. The van der Waals surface area contributed by atoms with Gasteiger partial charge in [0.2, 0.25) is 0 Å². The molecule has 1 N–H and O–H groups in total. The molecule has 6 nitrogen and oxygen atoms in total. The predicted molar refractivity (Wildman–Crippen MR) is 101 cm³/mol. The summed E-state index contributed by atoms with van der Waals surface area (Å²) in [5.74, 6) is 0.720. The van der Waals surface area contributed by atoms with Gasteiger partial charge in [-0.3, -0.25) is 15.1 Å². The summed E-state index contributed by atoms with van der Waals surface area (Å²) in [5.41, 5.74) is 0.762. The number of halogens is 1. The fourth-order valence-electron chi connectivity index (χ4n) is 1.98. The molecule has 0 aliphatic heterocycles. The monoisotopic (exact) mass is 418 g/mol. The number of hydrogen-bond donors (Lipinski definition) is 1. The van der Waals surface area contributed by atoms with E-state index in [1.54, 1.807) is 25.2 Å². The zero-order chi connectivity index (χ0) is 15.7. The Morgan fingerprint density at radius 2 is 2.18 bits per heavy atom. The van der Waals surface area contributed by atoms with Crippen molar-refractivity contribution in [3.63, 3.8) is 0 Å². The molecular weight excluding hydrogens is 395 g/mol. The van der Waals surface area contributed by atoms with Crippen LogP contribution in [0.3, 0.4) is 0 Å².